The molecule has 2 N–H and O–H groups in total. The number of carbonyl (C=O) groups is 3. The first kappa shape index (κ1) is 16.0. The van der Waals surface area contributed by atoms with Crippen molar-refractivity contribution in [2.24, 2.45) is 11.8 Å². The molecule has 1 aliphatic rings. The number of aliphatic carboxylic acids is 1. The molecule has 0 spiro atoms. The Morgan fingerprint density at radius 2 is 2.00 bits per heavy atom. The van der Waals surface area contributed by atoms with Gasteiger partial charge in [-0.15, -0.1) is 0 Å². The van der Waals surface area contributed by atoms with Crippen LogP contribution in [0, 0.1) is 11.8 Å². The van der Waals surface area contributed by atoms with Gasteiger partial charge in [0, 0.05) is 25.7 Å². The summed E-state index contributed by atoms with van der Waals surface area (Å²) in [6.07, 6.45) is 0.696. The summed E-state index contributed by atoms with van der Waals surface area (Å²) in [6.45, 7) is 2.10. The van der Waals surface area contributed by atoms with Crippen LogP contribution in [0.1, 0.15) is 18.9 Å². The number of hydrogen-bond donors (Lipinski definition) is 2. The molecule has 1 aliphatic heterocycles. The van der Waals surface area contributed by atoms with Crippen molar-refractivity contribution in [3.05, 3.63) is 29.8 Å². The molecule has 1 aromatic carbocycles. The second-order valence-corrected chi connectivity index (χ2v) is 5.80. The van der Waals surface area contributed by atoms with Crippen molar-refractivity contribution in [2.45, 2.75) is 19.8 Å². The first-order valence-corrected chi connectivity index (χ1v) is 7.23. The Balaban J connectivity index is 1.92. The number of amides is 2. The highest BCUT2D eigenvalue weighted by Gasteiger charge is 2.32. The summed E-state index contributed by atoms with van der Waals surface area (Å²) >= 11 is 0. The van der Waals surface area contributed by atoms with E-state index in [1.807, 2.05) is 0 Å². The Hall–Kier alpha value is -2.37. The third-order valence-electron chi connectivity index (χ3n) is 3.90. The molecule has 0 saturated carbocycles. The van der Waals surface area contributed by atoms with Crippen LogP contribution in [0.5, 0.6) is 0 Å². The smallest absolute Gasteiger partial charge is 0.306 e. The number of rotatable bonds is 5. The summed E-state index contributed by atoms with van der Waals surface area (Å²) in [7, 11) is 1.69. The average Bonchev–Trinajstić information content (AvgIpc) is 2.81. The molecule has 0 aromatic heterocycles. The van der Waals surface area contributed by atoms with Gasteiger partial charge >= 0.3 is 5.97 Å². The zero-order valence-corrected chi connectivity index (χ0v) is 12.7. The van der Waals surface area contributed by atoms with Gasteiger partial charge in [-0.2, -0.15) is 0 Å². The van der Waals surface area contributed by atoms with Crippen LogP contribution in [0.25, 0.3) is 0 Å². The van der Waals surface area contributed by atoms with E-state index < -0.39 is 11.9 Å². The van der Waals surface area contributed by atoms with E-state index in [1.165, 1.54) is 0 Å². The molecule has 1 fully saturated rings. The predicted octanol–water partition coefficient (Wildman–Crippen LogP) is 1.37. The van der Waals surface area contributed by atoms with Crippen LogP contribution in [-0.2, 0) is 20.8 Å². The minimum absolute atomic E-state index is 0.0156. The average molecular weight is 304 g/mol. The van der Waals surface area contributed by atoms with Crippen LogP contribution in [0.15, 0.2) is 24.3 Å². The molecule has 2 amide bonds. The van der Waals surface area contributed by atoms with E-state index in [0.717, 1.165) is 5.56 Å². The molecular weight excluding hydrogens is 284 g/mol. The highest BCUT2D eigenvalue weighted by molar-refractivity contribution is 5.97. The zero-order chi connectivity index (χ0) is 16.3. The lowest BCUT2D eigenvalue weighted by Gasteiger charge is -2.12. The van der Waals surface area contributed by atoms with Gasteiger partial charge < -0.3 is 15.3 Å². The summed E-state index contributed by atoms with van der Waals surface area (Å²) in [5.74, 6) is -1.76. The van der Waals surface area contributed by atoms with Gasteiger partial charge in [0.2, 0.25) is 11.8 Å². The standard InChI is InChI=1S/C16H20N2O4/c1-10(16(21)22)7-11-3-5-13(6-4-11)17-15(20)12-8-14(19)18(2)9-12/h3-6,10,12H,7-9H2,1-2H3,(H,17,20)(H,21,22). The van der Waals surface area contributed by atoms with E-state index in [0.29, 0.717) is 18.7 Å². The van der Waals surface area contributed by atoms with Crippen molar-refractivity contribution in [2.75, 3.05) is 18.9 Å². The highest BCUT2D eigenvalue weighted by atomic mass is 16.4. The normalized spacial score (nSPS) is 19.1. The van der Waals surface area contributed by atoms with Crippen LogP contribution in [0.4, 0.5) is 5.69 Å². The summed E-state index contributed by atoms with van der Waals surface area (Å²) in [5.41, 5.74) is 1.56. The van der Waals surface area contributed by atoms with Crippen LogP contribution >= 0.6 is 0 Å². The fraction of sp³-hybridized carbons (Fsp3) is 0.438. The second kappa shape index (κ2) is 6.60. The predicted molar refractivity (Wildman–Crippen MR) is 81.3 cm³/mol. The maximum Gasteiger partial charge on any atom is 0.306 e. The molecule has 118 valence electrons. The van der Waals surface area contributed by atoms with E-state index in [4.69, 9.17) is 5.11 Å². The van der Waals surface area contributed by atoms with Gasteiger partial charge in [-0.1, -0.05) is 19.1 Å². The lowest BCUT2D eigenvalue weighted by atomic mass is 10.0. The first-order valence-electron chi connectivity index (χ1n) is 7.23. The highest BCUT2D eigenvalue weighted by Crippen LogP contribution is 2.19. The largest absolute Gasteiger partial charge is 0.481 e. The topological polar surface area (TPSA) is 86.7 Å². The van der Waals surface area contributed by atoms with Gasteiger partial charge in [-0.25, -0.2) is 0 Å². The van der Waals surface area contributed by atoms with Crippen molar-refractivity contribution >= 4 is 23.5 Å². The number of carboxylic acid groups (broad SMARTS) is 1. The van der Waals surface area contributed by atoms with E-state index >= 15 is 0 Å². The number of benzene rings is 1. The summed E-state index contributed by atoms with van der Waals surface area (Å²) < 4.78 is 0. The number of nitrogens with one attached hydrogen (secondary N) is 1. The SMILES string of the molecule is CC(Cc1ccc(NC(=O)C2CC(=O)N(C)C2)cc1)C(=O)O. The number of anilines is 1. The minimum Gasteiger partial charge on any atom is -0.481 e. The number of carbonyl (C=O) groups excluding carboxylic acids is 2. The fourth-order valence-electron chi connectivity index (χ4n) is 2.45. The van der Waals surface area contributed by atoms with E-state index in [9.17, 15) is 14.4 Å². The van der Waals surface area contributed by atoms with Gasteiger partial charge in [0.1, 0.15) is 0 Å². The van der Waals surface area contributed by atoms with Crippen LogP contribution in [0.3, 0.4) is 0 Å². The van der Waals surface area contributed by atoms with Crippen molar-refractivity contribution in [3.8, 4) is 0 Å². The Kier molecular flexibility index (Phi) is 4.80. The zero-order valence-electron chi connectivity index (χ0n) is 12.7. The Morgan fingerprint density at radius 3 is 2.50 bits per heavy atom. The Bertz CT molecular complexity index is 582. The van der Waals surface area contributed by atoms with Gasteiger partial charge in [-0.3, -0.25) is 14.4 Å². The van der Waals surface area contributed by atoms with Gasteiger partial charge in [0.15, 0.2) is 0 Å². The number of nitrogens with zero attached hydrogens (tertiary/aromatic N) is 1. The molecule has 22 heavy (non-hydrogen) atoms. The molecule has 6 heteroatoms. The molecule has 0 radical (unpaired) electrons. The molecule has 0 bridgehead atoms. The second-order valence-electron chi connectivity index (χ2n) is 5.80. The minimum atomic E-state index is -0.826. The third-order valence-corrected chi connectivity index (χ3v) is 3.90. The quantitative estimate of drug-likeness (QED) is 0.860. The molecule has 1 aromatic rings. The number of carboxylic acids is 1. The van der Waals surface area contributed by atoms with Crippen molar-refractivity contribution in [3.63, 3.8) is 0 Å². The summed E-state index contributed by atoms with van der Waals surface area (Å²) in [6, 6.07) is 7.12. The Labute approximate surface area is 129 Å². The van der Waals surface area contributed by atoms with Crippen molar-refractivity contribution in [1.29, 1.82) is 0 Å². The molecule has 1 saturated heterocycles. The van der Waals surface area contributed by atoms with Gasteiger partial charge in [-0.05, 0) is 24.1 Å². The van der Waals surface area contributed by atoms with E-state index in [1.54, 1.807) is 43.1 Å². The first-order chi connectivity index (χ1) is 10.4. The van der Waals surface area contributed by atoms with Crippen LogP contribution in [-0.4, -0.2) is 41.4 Å². The Morgan fingerprint density at radius 1 is 1.36 bits per heavy atom. The lowest BCUT2D eigenvalue weighted by Crippen LogP contribution is -2.25. The van der Waals surface area contributed by atoms with E-state index in [-0.39, 0.29) is 24.2 Å². The molecule has 2 atom stereocenters. The maximum atomic E-state index is 12.1. The van der Waals surface area contributed by atoms with Crippen molar-refractivity contribution in [1.82, 2.24) is 4.90 Å². The molecule has 6 nitrogen and oxygen atoms in total. The maximum absolute atomic E-state index is 12.1. The third kappa shape index (κ3) is 3.84. The van der Waals surface area contributed by atoms with E-state index in [2.05, 4.69) is 5.32 Å². The van der Waals surface area contributed by atoms with Crippen LogP contribution in [0.2, 0.25) is 0 Å². The molecular formula is C16H20N2O4. The lowest BCUT2D eigenvalue weighted by molar-refractivity contribution is -0.141. The summed E-state index contributed by atoms with van der Waals surface area (Å²) in [4.78, 5) is 35.9. The number of hydrogen-bond acceptors (Lipinski definition) is 3. The monoisotopic (exact) mass is 304 g/mol. The number of likely N-dealkylation sites (tertiary alicyclic amines) is 1. The molecule has 1 heterocycles. The molecule has 2 rings (SSSR count). The summed E-state index contributed by atoms with van der Waals surface area (Å²) in [5, 5.41) is 11.7. The van der Waals surface area contributed by atoms with Crippen molar-refractivity contribution < 1.29 is 19.5 Å². The molecule has 2 unspecified atom stereocenters. The molecule has 0 aliphatic carbocycles. The fourth-order valence-corrected chi connectivity index (χ4v) is 2.45. The van der Waals surface area contributed by atoms with Gasteiger partial charge in [0.05, 0.1) is 11.8 Å². The van der Waals surface area contributed by atoms with Crippen LogP contribution < -0.4 is 5.32 Å². The van der Waals surface area contributed by atoms with Gasteiger partial charge in [0.25, 0.3) is 0 Å².